The Morgan fingerprint density at radius 2 is 2.12 bits per heavy atom. The number of pyridine rings is 1. The largest absolute Gasteiger partial charge is 0.494 e. The van der Waals surface area contributed by atoms with Crippen molar-refractivity contribution in [3.05, 3.63) is 35.0 Å². The highest BCUT2D eigenvalue weighted by atomic mass is 35.5. The summed E-state index contributed by atoms with van der Waals surface area (Å²) in [7, 11) is 0. The third kappa shape index (κ3) is 2.23. The second-order valence-electron chi connectivity index (χ2n) is 3.36. The van der Waals surface area contributed by atoms with Gasteiger partial charge in [-0.05, 0) is 31.2 Å². The van der Waals surface area contributed by atoms with E-state index in [2.05, 4.69) is 4.98 Å². The number of rotatable bonds is 3. The van der Waals surface area contributed by atoms with E-state index in [4.69, 9.17) is 27.9 Å². The molecule has 1 aromatic heterocycles. The van der Waals surface area contributed by atoms with Crippen LogP contribution in [-0.4, -0.2) is 11.6 Å². The first kappa shape index (κ1) is 11.5. The Balaban J connectivity index is 2.54. The topological polar surface area (TPSA) is 22.1 Å². The molecule has 16 heavy (non-hydrogen) atoms. The van der Waals surface area contributed by atoms with Gasteiger partial charge in [-0.15, -0.1) is 11.6 Å². The fourth-order valence-electron chi connectivity index (χ4n) is 1.53. The molecule has 0 unspecified atom stereocenters. The van der Waals surface area contributed by atoms with E-state index in [9.17, 15) is 0 Å². The quantitative estimate of drug-likeness (QED) is 0.611. The number of nitrogens with zero attached hydrogens (tertiary/aromatic N) is 1. The maximum absolute atomic E-state index is 5.98. The minimum atomic E-state index is 0.362. The Hall–Kier alpha value is -0.990. The third-order valence-electron chi connectivity index (χ3n) is 2.27. The lowest BCUT2D eigenvalue weighted by atomic mass is 10.1. The summed E-state index contributed by atoms with van der Waals surface area (Å²) in [6, 6.07) is 7.66. The van der Waals surface area contributed by atoms with Crippen molar-refractivity contribution < 1.29 is 4.74 Å². The second-order valence-corrected chi connectivity index (χ2v) is 3.98. The van der Waals surface area contributed by atoms with E-state index in [0.29, 0.717) is 17.6 Å². The van der Waals surface area contributed by atoms with Crippen molar-refractivity contribution in [2.24, 2.45) is 0 Å². The fraction of sp³-hybridized carbons (Fsp3) is 0.250. The normalized spacial score (nSPS) is 10.7. The lowest BCUT2D eigenvalue weighted by Gasteiger charge is -2.06. The molecule has 4 heteroatoms. The van der Waals surface area contributed by atoms with Crippen molar-refractivity contribution >= 4 is 34.1 Å². The standard InChI is InChI=1S/C12H11Cl2NO/c1-2-16-10-3-4-11-8(6-10)5-9(7-13)12(14)15-11/h3-6H,2,7H2,1H3. The number of hydrogen-bond acceptors (Lipinski definition) is 2. The van der Waals surface area contributed by atoms with Gasteiger partial charge in [0.15, 0.2) is 0 Å². The number of ether oxygens (including phenoxy) is 1. The van der Waals surface area contributed by atoms with Crippen LogP contribution in [0.5, 0.6) is 5.75 Å². The zero-order valence-electron chi connectivity index (χ0n) is 8.84. The second kappa shape index (κ2) is 4.89. The summed E-state index contributed by atoms with van der Waals surface area (Å²) in [6.07, 6.45) is 0. The highest BCUT2D eigenvalue weighted by Crippen LogP contribution is 2.25. The Morgan fingerprint density at radius 3 is 2.81 bits per heavy atom. The van der Waals surface area contributed by atoms with Crippen molar-refractivity contribution in [1.82, 2.24) is 4.98 Å². The Morgan fingerprint density at radius 1 is 1.31 bits per heavy atom. The van der Waals surface area contributed by atoms with Crippen LogP contribution in [0.2, 0.25) is 5.15 Å². The number of benzene rings is 1. The highest BCUT2D eigenvalue weighted by molar-refractivity contribution is 6.31. The summed E-state index contributed by atoms with van der Waals surface area (Å²) in [5.41, 5.74) is 1.69. The first-order valence-corrected chi connectivity index (χ1v) is 5.93. The summed E-state index contributed by atoms with van der Waals surface area (Å²) in [5.74, 6) is 1.19. The SMILES string of the molecule is CCOc1ccc2nc(Cl)c(CCl)cc2c1. The predicted molar refractivity (Wildman–Crippen MR) is 67.5 cm³/mol. The molecule has 2 nitrogen and oxygen atoms in total. The molecule has 0 amide bonds. The van der Waals surface area contributed by atoms with Gasteiger partial charge in [-0.3, -0.25) is 0 Å². The highest BCUT2D eigenvalue weighted by Gasteiger charge is 2.04. The first-order chi connectivity index (χ1) is 7.74. The van der Waals surface area contributed by atoms with Crippen LogP contribution < -0.4 is 4.74 Å². The van der Waals surface area contributed by atoms with Crippen molar-refractivity contribution in [2.75, 3.05) is 6.61 Å². The average Bonchev–Trinajstić information content (AvgIpc) is 2.29. The average molecular weight is 256 g/mol. The van der Waals surface area contributed by atoms with Crippen LogP contribution in [-0.2, 0) is 5.88 Å². The van der Waals surface area contributed by atoms with Gasteiger partial charge in [0.25, 0.3) is 0 Å². The van der Waals surface area contributed by atoms with Gasteiger partial charge < -0.3 is 4.74 Å². The van der Waals surface area contributed by atoms with E-state index in [-0.39, 0.29) is 0 Å². The van der Waals surface area contributed by atoms with E-state index in [1.807, 2.05) is 31.2 Å². The summed E-state index contributed by atoms with van der Waals surface area (Å²) in [4.78, 5) is 4.27. The summed E-state index contributed by atoms with van der Waals surface area (Å²) < 4.78 is 5.42. The molecule has 1 aromatic carbocycles. The molecule has 1 heterocycles. The predicted octanol–water partition coefficient (Wildman–Crippen LogP) is 4.03. The summed E-state index contributed by atoms with van der Waals surface area (Å²) >= 11 is 11.8. The maximum atomic E-state index is 5.98. The van der Waals surface area contributed by atoms with Gasteiger partial charge in [0.2, 0.25) is 0 Å². The molecular weight excluding hydrogens is 245 g/mol. The van der Waals surface area contributed by atoms with Gasteiger partial charge in [-0.25, -0.2) is 4.98 Å². The molecule has 0 saturated carbocycles. The van der Waals surface area contributed by atoms with Crippen molar-refractivity contribution in [3.63, 3.8) is 0 Å². The van der Waals surface area contributed by atoms with Crippen molar-refractivity contribution in [2.45, 2.75) is 12.8 Å². The molecule has 84 valence electrons. The van der Waals surface area contributed by atoms with Gasteiger partial charge in [-0.2, -0.15) is 0 Å². The molecule has 0 aliphatic carbocycles. The smallest absolute Gasteiger partial charge is 0.134 e. The van der Waals surface area contributed by atoms with Crippen LogP contribution in [0.15, 0.2) is 24.3 Å². The molecule has 0 radical (unpaired) electrons. The van der Waals surface area contributed by atoms with Crippen LogP contribution in [0.25, 0.3) is 10.9 Å². The molecule has 0 N–H and O–H groups in total. The minimum absolute atomic E-state index is 0.362. The van der Waals surface area contributed by atoms with E-state index in [1.165, 1.54) is 0 Å². The molecular formula is C12H11Cl2NO. The maximum Gasteiger partial charge on any atom is 0.134 e. The Bertz CT molecular complexity index is 514. The molecule has 0 saturated heterocycles. The zero-order valence-corrected chi connectivity index (χ0v) is 10.3. The van der Waals surface area contributed by atoms with Crippen molar-refractivity contribution in [3.8, 4) is 5.75 Å². The Labute approximate surface area is 104 Å². The van der Waals surface area contributed by atoms with Crippen LogP contribution in [0, 0.1) is 0 Å². The first-order valence-electron chi connectivity index (χ1n) is 5.02. The van der Waals surface area contributed by atoms with E-state index >= 15 is 0 Å². The zero-order chi connectivity index (χ0) is 11.5. The van der Waals surface area contributed by atoms with Crippen LogP contribution in [0.3, 0.4) is 0 Å². The van der Waals surface area contributed by atoms with Crippen LogP contribution in [0.4, 0.5) is 0 Å². The molecule has 0 aliphatic heterocycles. The van der Waals surface area contributed by atoms with E-state index in [0.717, 1.165) is 22.2 Å². The van der Waals surface area contributed by atoms with Gasteiger partial charge in [0.1, 0.15) is 10.9 Å². The van der Waals surface area contributed by atoms with Gasteiger partial charge in [-0.1, -0.05) is 11.6 Å². The summed E-state index contributed by atoms with van der Waals surface area (Å²) in [5, 5.41) is 1.46. The molecule has 2 rings (SSSR count). The van der Waals surface area contributed by atoms with Gasteiger partial charge in [0.05, 0.1) is 18.0 Å². The van der Waals surface area contributed by atoms with E-state index in [1.54, 1.807) is 0 Å². The third-order valence-corrected chi connectivity index (χ3v) is 2.88. The lowest BCUT2D eigenvalue weighted by Crippen LogP contribution is -1.92. The van der Waals surface area contributed by atoms with Crippen LogP contribution in [0.1, 0.15) is 12.5 Å². The molecule has 0 fully saturated rings. The number of alkyl halides is 1. The van der Waals surface area contributed by atoms with Crippen molar-refractivity contribution in [1.29, 1.82) is 0 Å². The van der Waals surface area contributed by atoms with Gasteiger partial charge in [0, 0.05) is 10.9 Å². The number of aromatic nitrogens is 1. The fourth-order valence-corrected chi connectivity index (χ4v) is 2.01. The molecule has 0 aliphatic rings. The van der Waals surface area contributed by atoms with Crippen LogP contribution >= 0.6 is 23.2 Å². The lowest BCUT2D eigenvalue weighted by molar-refractivity contribution is 0.340. The molecule has 0 bridgehead atoms. The minimum Gasteiger partial charge on any atom is -0.494 e. The number of fused-ring (bicyclic) bond motifs is 1. The van der Waals surface area contributed by atoms with Gasteiger partial charge >= 0.3 is 0 Å². The number of halogens is 2. The molecule has 0 atom stereocenters. The number of hydrogen-bond donors (Lipinski definition) is 0. The summed E-state index contributed by atoms with van der Waals surface area (Å²) in [6.45, 7) is 2.60. The monoisotopic (exact) mass is 255 g/mol. The van der Waals surface area contributed by atoms with E-state index < -0.39 is 0 Å². The molecule has 2 aromatic rings. The Kier molecular flexibility index (Phi) is 3.52. The molecule has 0 spiro atoms.